The first-order chi connectivity index (χ1) is 11.8. The molecule has 0 aliphatic carbocycles. The summed E-state index contributed by atoms with van der Waals surface area (Å²) >= 11 is 0. The summed E-state index contributed by atoms with van der Waals surface area (Å²) in [5.41, 5.74) is 0.944. The summed E-state index contributed by atoms with van der Waals surface area (Å²) in [6.45, 7) is 1.01. The molecule has 1 aromatic heterocycles. The molecule has 10 heteroatoms. The second kappa shape index (κ2) is 8.08. The van der Waals surface area contributed by atoms with E-state index >= 15 is 0 Å². The highest BCUT2D eigenvalue weighted by atomic mass is 32.2. The van der Waals surface area contributed by atoms with Crippen molar-refractivity contribution in [2.24, 2.45) is 12.0 Å². The van der Waals surface area contributed by atoms with Gasteiger partial charge >= 0.3 is 0 Å². The lowest BCUT2D eigenvalue weighted by atomic mass is 10.2. The monoisotopic (exact) mass is 365 g/mol. The Morgan fingerprint density at radius 2 is 1.84 bits per heavy atom. The van der Waals surface area contributed by atoms with Gasteiger partial charge in [-0.25, -0.2) is 17.7 Å². The number of aromatic nitrogens is 3. The van der Waals surface area contributed by atoms with Crippen LogP contribution in [-0.4, -0.2) is 54.6 Å². The smallest absolute Gasteiger partial charge is 0.242 e. The molecule has 0 aliphatic rings. The van der Waals surface area contributed by atoms with Crippen molar-refractivity contribution in [2.45, 2.75) is 18.0 Å². The van der Waals surface area contributed by atoms with E-state index < -0.39 is 10.0 Å². The number of nitrogens with zero attached hydrogens (tertiary/aromatic N) is 5. The van der Waals surface area contributed by atoms with Gasteiger partial charge in [-0.2, -0.15) is 5.10 Å². The number of nitrogens with one attached hydrogen (secondary N) is 2. The Morgan fingerprint density at radius 3 is 2.36 bits per heavy atom. The van der Waals surface area contributed by atoms with Crippen molar-refractivity contribution in [3.8, 4) is 0 Å². The molecule has 0 spiro atoms. The highest BCUT2D eigenvalue weighted by molar-refractivity contribution is 7.89. The standard InChI is InChI=1S/C15H23N7O2S/c1-16-15(18-10-14-19-11-20-22(14)4)17-9-12-5-7-13(8-6-12)25(23,24)21(2)3/h5-8,11H,9-10H2,1-4H3,(H2,16,17,18). The zero-order chi connectivity index (χ0) is 18.4. The van der Waals surface area contributed by atoms with Crippen LogP contribution in [-0.2, 0) is 30.2 Å². The van der Waals surface area contributed by atoms with E-state index in [4.69, 9.17) is 0 Å². The van der Waals surface area contributed by atoms with Crippen LogP contribution in [0.2, 0.25) is 0 Å². The van der Waals surface area contributed by atoms with Crippen LogP contribution in [0.4, 0.5) is 0 Å². The maximum absolute atomic E-state index is 12.0. The first-order valence-electron chi connectivity index (χ1n) is 7.63. The van der Waals surface area contributed by atoms with Gasteiger partial charge in [0.15, 0.2) is 5.96 Å². The molecule has 9 nitrogen and oxygen atoms in total. The van der Waals surface area contributed by atoms with E-state index in [1.54, 1.807) is 36.0 Å². The minimum absolute atomic E-state index is 0.269. The second-order valence-electron chi connectivity index (χ2n) is 5.51. The normalized spacial score (nSPS) is 12.4. The van der Waals surface area contributed by atoms with Crippen molar-refractivity contribution >= 4 is 16.0 Å². The lowest BCUT2D eigenvalue weighted by Gasteiger charge is -2.13. The van der Waals surface area contributed by atoms with Gasteiger partial charge in [0.05, 0.1) is 11.4 Å². The van der Waals surface area contributed by atoms with Crippen LogP contribution in [0, 0.1) is 0 Å². The maximum Gasteiger partial charge on any atom is 0.242 e. The number of sulfonamides is 1. The molecule has 0 bridgehead atoms. The van der Waals surface area contributed by atoms with E-state index in [9.17, 15) is 8.42 Å². The molecular formula is C15H23N7O2S. The first kappa shape index (κ1) is 18.9. The van der Waals surface area contributed by atoms with Crippen LogP contribution in [0.25, 0.3) is 0 Å². The summed E-state index contributed by atoms with van der Waals surface area (Å²) in [7, 11) is 3.12. The van der Waals surface area contributed by atoms with Gasteiger partial charge in [-0.05, 0) is 17.7 Å². The van der Waals surface area contributed by atoms with Crippen molar-refractivity contribution in [2.75, 3.05) is 21.1 Å². The Hall–Kier alpha value is -2.46. The van der Waals surface area contributed by atoms with Crippen molar-refractivity contribution in [3.63, 3.8) is 0 Å². The molecule has 0 atom stereocenters. The highest BCUT2D eigenvalue weighted by Gasteiger charge is 2.16. The SMILES string of the molecule is CN=C(NCc1ccc(S(=O)(=O)N(C)C)cc1)NCc1ncnn1C. The molecule has 0 amide bonds. The Balaban J connectivity index is 1.92. The van der Waals surface area contributed by atoms with E-state index in [0.717, 1.165) is 11.4 Å². The predicted molar refractivity (Wildman–Crippen MR) is 95.4 cm³/mol. The quantitative estimate of drug-likeness (QED) is 0.549. The van der Waals surface area contributed by atoms with Crippen molar-refractivity contribution in [1.29, 1.82) is 0 Å². The Morgan fingerprint density at radius 1 is 1.20 bits per heavy atom. The average molecular weight is 365 g/mol. The zero-order valence-electron chi connectivity index (χ0n) is 14.8. The summed E-state index contributed by atoms with van der Waals surface area (Å²) < 4.78 is 27.0. The third-order valence-corrected chi connectivity index (χ3v) is 5.43. The number of hydrogen-bond acceptors (Lipinski definition) is 5. The van der Waals surface area contributed by atoms with Gasteiger partial charge in [0, 0.05) is 34.7 Å². The van der Waals surface area contributed by atoms with E-state index in [1.165, 1.54) is 24.7 Å². The van der Waals surface area contributed by atoms with E-state index in [-0.39, 0.29) is 4.90 Å². The fraction of sp³-hybridized carbons (Fsp3) is 0.400. The summed E-state index contributed by atoms with van der Waals surface area (Å²) in [6, 6.07) is 6.75. The number of aryl methyl sites for hydroxylation is 1. The number of aliphatic imine (C=N–C) groups is 1. The van der Waals surface area contributed by atoms with Crippen LogP contribution in [0.1, 0.15) is 11.4 Å². The molecule has 1 heterocycles. The summed E-state index contributed by atoms with van der Waals surface area (Å²) in [6.07, 6.45) is 1.50. The number of benzene rings is 1. The average Bonchev–Trinajstić information content (AvgIpc) is 3.00. The van der Waals surface area contributed by atoms with Crippen LogP contribution >= 0.6 is 0 Å². The van der Waals surface area contributed by atoms with Crippen LogP contribution in [0.3, 0.4) is 0 Å². The molecule has 2 rings (SSSR count). The molecule has 25 heavy (non-hydrogen) atoms. The van der Waals surface area contributed by atoms with Gasteiger partial charge in [-0.1, -0.05) is 12.1 Å². The van der Waals surface area contributed by atoms with Crippen molar-refractivity contribution in [1.82, 2.24) is 29.7 Å². The molecule has 0 radical (unpaired) electrons. The summed E-state index contributed by atoms with van der Waals surface area (Å²) in [5, 5.41) is 10.3. The van der Waals surface area contributed by atoms with Gasteiger partial charge in [-0.3, -0.25) is 9.67 Å². The molecule has 0 saturated carbocycles. The molecule has 2 aromatic rings. The van der Waals surface area contributed by atoms with Crippen LogP contribution in [0.15, 0.2) is 40.5 Å². The number of guanidine groups is 1. The van der Waals surface area contributed by atoms with Crippen LogP contribution < -0.4 is 10.6 Å². The summed E-state index contributed by atoms with van der Waals surface area (Å²) in [5.74, 6) is 1.41. The van der Waals surface area contributed by atoms with Gasteiger partial charge in [0.1, 0.15) is 12.2 Å². The van der Waals surface area contributed by atoms with Gasteiger partial charge in [-0.15, -0.1) is 0 Å². The molecule has 1 aromatic carbocycles. The molecule has 0 aliphatic heterocycles. The fourth-order valence-corrected chi connectivity index (χ4v) is 2.94. The number of rotatable bonds is 6. The van der Waals surface area contributed by atoms with Gasteiger partial charge in [0.25, 0.3) is 0 Å². The van der Waals surface area contributed by atoms with E-state index in [2.05, 4.69) is 25.7 Å². The highest BCUT2D eigenvalue weighted by Crippen LogP contribution is 2.13. The lowest BCUT2D eigenvalue weighted by Crippen LogP contribution is -2.36. The van der Waals surface area contributed by atoms with Crippen LogP contribution in [0.5, 0.6) is 0 Å². The second-order valence-corrected chi connectivity index (χ2v) is 7.66. The van der Waals surface area contributed by atoms with Crippen molar-refractivity contribution in [3.05, 3.63) is 42.0 Å². The van der Waals surface area contributed by atoms with Gasteiger partial charge < -0.3 is 10.6 Å². The largest absolute Gasteiger partial charge is 0.352 e. The minimum atomic E-state index is -3.41. The van der Waals surface area contributed by atoms with E-state index in [0.29, 0.717) is 19.0 Å². The Bertz CT molecular complexity index is 826. The molecule has 0 fully saturated rings. The zero-order valence-corrected chi connectivity index (χ0v) is 15.6. The van der Waals surface area contributed by atoms with Gasteiger partial charge in [0.2, 0.25) is 10.0 Å². The topological polar surface area (TPSA) is 105 Å². The van der Waals surface area contributed by atoms with E-state index in [1.807, 2.05) is 7.05 Å². The Labute approximate surface area is 147 Å². The molecule has 2 N–H and O–H groups in total. The summed E-state index contributed by atoms with van der Waals surface area (Å²) in [4.78, 5) is 8.55. The maximum atomic E-state index is 12.0. The molecule has 136 valence electrons. The van der Waals surface area contributed by atoms with Crippen molar-refractivity contribution < 1.29 is 8.42 Å². The molecule has 0 saturated heterocycles. The Kier molecular flexibility index (Phi) is 6.10. The molecule has 0 unspecified atom stereocenters. The molecular weight excluding hydrogens is 342 g/mol. The lowest BCUT2D eigenvalue weighted by molar-refractivity contribution is 0.520. The third kappa shape index (κ3) is 4.77. The minimum Gasteiger partial charge on any atom is -0.352 e. The third-order valence-electron chi connectivity index (χ3n) is 3.60. The predicted octanol–water partition coefficient (Wildman–Crippen LogP) is -0.0694. The first-order valence-corrected chi connectivity index (χ1v) is 9.07. The number of hydrogen-bond donors (Lipinski definition) is 2. The fourth-order valence-electron chi connectivity index (χ4n) is 2.04.